The van der Waals surface area contributed by atoms with Gasteiger partial charge in [0.25, 0.3) is 0 Å². The Balaban J connectivity index is 1.81. The fraction of sp³-hybridized carbons (Fsp3) is 0.625. The molecule has 124 valence electrons. The van der Waals surface area contributed by atoms with Gasteiger partial charge in [-0.1, -0.05) is 12.1 Å². The summed E-state index contributed by atoms with van der Waals surface area (Å²) in [5.74, 6) is 0.206. The van der Waals surface area contributed by atoms with Crippen molar-refractivity contribution in [3.8, 4) is 5.75 Å². The Morgan fingerprint density at radius 1 is 1.27 bits per heavy atom. The highest BCUT2D eigenvalue weighted by Crippen LogP contribution is 2.35. The molecule has 0 radical (unpaired) electrons. The number of likely N-dealkylation sites (tertiary alicyclic amines) is 1. The minimum absolute atomic E-state index is 0.117. The molecule has 0 aliphatic carbocycles. The molecule has 1 aromatic carbocycles. The van der Waals surface area contributed by atoms with Crippen LogP contribution in [0.1, 0.15) is 25.3 Å². The minimum Gasteiger partial charge on any atom is -0.492 e. The van der Waals surface area contributed by atoms with E-state index >= 15 is 0 Å². The Kier molecular flexibility index (Phi) is 5.69. The van der Waals surface area contributed by atoms with Crippen LogP contribution in [-0.2, 0) is 6.18 Å². The molecule has 0 aromatic heterocycles. The van der Waals surface area contributed by atoms with Crippen molar-refractivity contribution in [1.29, 1.82) is 0 Å². The maximum absolute atomic E-state index is 12.8. The van der Waals surface area contributed by atoms with E-state index in [1.165, 1.54) is 12.1 Å². The molecule has 6 heteroatoms. The Hall–Kier alpha value is -1.27. The quantitative estimate of drug-likeness (QED) is 0.905. The summed E-state index contributed by atoms with van der Waals surface area (Å²) in [4.78, 5) is 2.16. The molecule has 22 heavy (non-hydrogen) atoms. The van der Waals surface area contributed by atoms with E-state index in [2.05, 4.69) is 4.90 Å². The number of alkyl halides is 3. The molecule has 3 nitrogen and oxygen atoms in total. The molecular weight excluding hydrogens is 295 g/mol. The second kappa shape index (κ2) is 7.33. The first-order valence-corrected chi connectivity index (χ1v) is 7.57. The average molecular weight is 317 g/mol. The fourth-order valence-corrected chi connectivity index (χ4v) is 2.77. The van der Waals surface area contributed by atoms with Crippen LogP contribution in [0.15, 0.2) is 24.3 Å². The van der Waals surface area contributed by atoms with Crippen LogP contribution in [0.3, 0.4) is 0 Å². The Morgan fingerprint density at radius 3 is 2.50 bits per heavy atom. The van der Waals surface area contributed by atoms with E-state index in [0.717, 1.165) is 32.0 Å². The number of ether oxygens (including phenoxy) is 1. The molecule has 0 bridgehead atoms. The zero-order chi connectivity index (χ0) is 16.2. The number of hydrogen-bond donors (Lipinski definition) is 1. The Bertz CT molecular complexity index is 469. The zero-order valence-corrected chi connectivity index (χ0v) is 12.6. The summed E-state index contributed by atoms with van der Waals surface area (Å²) < 4.78 is 43.8. The summed E-state index contributed by atoms with van der Waals surface area (Å²) in [5.41, 5.74) is -0.734. The number of halogens is 3. The maximum atomic E-state index is 12.8. The van der Waals surface area contributed by atoms with Crippen LogP contribution < -0.4 is 4.74 Å². The van der Waals surface area contributed by atoms with Gasteiger partial charge < -0.3 is 9.84 Å². The normalized spacial score (nSPS) is 19.1. The van der Waals surface area contributed by atoms with Crippen LogP contribution in [0.4, 0.5) is 13.2 Å². The van der Waals surface area contributed by atoms with Gasteiger partial charge in [-0.3, -0.25) is 4.90 Å². The van der Waals surface area contributed by atoms with Crippen molar-refractivity contribution in [2.75, 3.05) is 26.2 Å². The third-order valence-corrected chi connectivity index (χ3v) is 4.17. The van der Waals surface area contributed by atoms with E-state index in [4.69, 9.17) is 4.74 Å². The van der Waals surface area contributed by atoms with Gasteiger partial charge in [0, 0.05) is 6.54 Å². The van der Waals surface area contributed by atoms with Gasteiger partial charge in [0.2, 0.25) is 0 Å². The third kappa shape index (κ3) is 4.61. The summed E-state index contributed by atoms with van der Waals surface area (Å²) in [6, 6.07) is 5.28. The Morgan fingerprint density at radius 2 is 1.91 bits per heavy atom. The molecule has 1 unspecified atom stereocenters. The molecule has 0 spiro atoms. The van der Waals surface area contributed by atoms with Gasteiger partial charge >= 0.3 is 6.18 Å². The lowest BCUT2D eigenvalue weighted by atomic mass is 9.92. The average Bonchev–Trinajstić information content (AvgIpc) is 2.47. The molecular formula is C16H22F3NO2. The van der Waals surface area contributed by atoms with Gasteiger partial charge in [0.1, 0.15) is 12.4 Å². The molecule has 1 heterocycles. The third-order valence-electron chi connectivity index (χ3n) is 4.17. The topological polar surface area (TPSA) is 32.7 Å². The summed E-state index contributed by atoms with van der Waals surface area (Å²) in [7, 11) is 0. The first-order chi connectivity index (χ1) is 10.4. The van der Waals surface area contributed by atoms with Crippen LogP contribution >= 0.6 is 0 Å². The zero-order valence-electron chi connectivity index (χ0n) is 12.6. The number of aliphatic hydroxyl groups is 1. The van der Waals surface area contributed by atoms with Crippen molar-refractivity contribution in [3.05, 3.63) is 29.8 Å². The molecule has 0 saturated carbocycles. The molecule has 1 aromatic rings. The lowest BCUT2D eigenvalue weighted by Crippen LogP contribution is -2.39. The van der Waals surface area contributed by atoms with Crippen molar-refractivity contribution in [3.63, 3.8) is 0 Å². The largest absolute Gasteiger partial charge is 0.492 e. The summed E-state index contributed by atoms with van der Waals surface area (Å²) in [6.07, 6.45) is -2.86. The SMILES string of the molecule is CC(O)C1CCN(CCOc2ccccc2C(F)(F)F)CC1. The monoisotopic (exact) mass is 317 g/mol. The van der Waals surface area contributed by atoms with E-state index in [1.807, 2.05) is 0 Å². The molecule has 1 atom stereocenters. The first-order valence-electron chi connectivity index (χ1n) is 7.57. The van der Waals surface area contributed by atoms with Crippen molar-refractivity contribution in [2.24, 2.45) is 5.92 Å². The number of piperidine rings is 1. The smallest absolute Gasteiger partial charge is 0.419 e. The number of hydrogen-bond acceptors (Lipinski definition) is 3. The van der Waals surface area contributed by atoms with Crippen molar-refractivity contribution < 1.29 is 23.0 Å². The van der Waals surface area contributed by atoms with Gasteiger partial charge in [0.05, 0.1) is 11.7 Å². The first kappa shape index (κ1) is 17.1. The highest BCUT2D eigenvalue weighted by Gasteiger charge is 2.34. The number of nitrogens with zero attached hydrogens (tertiary/aromatic N) is 1. The number of rotatable bonds is 5. The summed E-state index contributed by atoms with van der Waals surface area (Å²) in [5, 5.41) is 9.55. The van der Waals surface area contributed by atoms with Gasteiger partial charge in [-0.2, -0.15) is 13.2 Å². The predicted molar refractivity (Wildman–Crippen MR) is 77.8 cm³/mol. The van der Waals surface area contributed by atoms with E-state index in [1.54, 1.807) is 13.0 Å². The van der Waals surface area contributed by atoms with Gasteiger partial charge in [-0.25, -0.2) is 0 Å². The molecule has 1 aliphatic heterocycles. The number of aliphatic hydroxyl groups excluding tert-OH is 1. The Labute approximate surface area is 128 Å². The molecule has 1 N–H and O–H groups in total. The van der Waals surface area contributed by atoms with E-state index in [0.29, 0.717) is 12.5 Å². The van der Waals surface area contributed by atoms with Crippen molar-refractivity contribution in [1.82, 2.24) is 4.90 Å². The second-order valence-electron chi connectivity index (χ2n) is 5.76. The lowest BCUT2D eigenvalue weighted by Gasteiger charge is -2.33. The van der Waals surface area contributed by atoms with Crippen molar-refractivity contribution >= 4 is 0 Å². The van der Waals surface area contributed by atoms with Crippen LogP contribution in [0.2, 0.25) is 0 Å². The molecule has 0 amide bonds. The van der Waals surface area contributed by atoms with Gasteiger partial charge in [-0.05, 0) is 50.9 Å². The van der Waals surface area contributed by atoms with Gasteiger partial charge in [-0.15, -0.1) is 0 Å². The highest BCUT2D eigenvalue weighted by molar-refractivity contribution is 5.35. The number of para-hydroxylation sites is 1. The van der Waals surface area contributed by atoms with Crippen molar-refractivity contribution in [2.45, 2.75) is 32.0 Å². The van der Waals surface area contributed by atoms with Crippen LogP contribution in [0, 0.1) is 5.92 Å². The summed E-state index contributed by atoms with van der Waals surface area (Å²) >= 11 is 0. The number of benzene rings is 1. The summed E-state index contributed by atoms with van der Waals surface area (Å²) in [6.45, 7) is 4.32. The maximum Gasteiger partial charge on any atom is 0.419 e. The van der Waals surface area contributed by atoms with E-state index in [-0.39, 0.29) is 18.5 Å². The molecule has 1 saturated heterocycles. The van der Waals surface area contributed by atoms with Crippen LogP contribution in [0.5, 0.6) is 5.75 Å². The predicted octanol–water partition coefficient (Wildman–Crippen LogP) is 3.18. The second-order valence-corrected chi connectivity index (χ2v) is 5.76. The minimum atomic E-state index is -4.40. The van der Waals surface area contributed by atoms with Crippen LogP contribution in [-0.4, -0.2) is 42.4 Å². The van der Waals surface area contributed by atoms with Gasteiger partial charge in [0.15, 0.2) is 0 Å². The fourth-order valence-electron chi connectivity index (χ4n) is 2.77. The molecule has 1 aliphatic rings. The standard InChI is InChI=1S/C16H22F3NO2/c1-12(21)13-6-8-20(9-7-13)10-11-22-15-5-3-2-4-14(15)16(17,18)19/h2-5,12-13,21H,6-11H2,1H3. The van der Waals surface area contributed by atoms with E-state index in [9.17, 15) is 18.3 Å². The van der Waals surface area contributed by atoms with E-state index < -0.39 is 11.7 Å². The molecule has 2 rings (SSSR count). The lowest BCUT2D eigenvalue weighted by molar-refractivity contribution is -0.139. The highest BCUT2D eigenvalue weighted by atomic mass is 19.4. The van der Waals surface area contributed by atoms with Crippen LogP contribution in [0.25, 0.3) is 0 Å². The molecule has 1 fully saturated rings.